The van der Waals surface area contributed by atoms with Crippen LogP contribution in [0.25, 0.3) is 16.7 Å². The van der Waals surface area contributed by atoms with Gasteiger partial charge in [0.1, 0.15) is 5.69 Å². The van der Waals surface area contributed by atoms with Crippen LogP contribution in [0.2, 0.25) is 0 Å². The number of aromatic amines is 1. The molecule has 0 atom stereocenters. The molecule has 4 aromatic rings. The number of fused-ring (bicyclic) bond motifs is 1. The Kier molecular flexibility index (Phi) is 4.36. The van der Waals surface area contributed by atoms with Gasteiger partial charge in [-0.15, -0.1) is 0 Å². The molecule has 4 rings (SSSR count). The van der Waals surface area contributed by atoms with Crippen LogP contribution < -0.4 is 10.7 Å². The molecular formula is C19H14N6O4. The summed E-state index contributed by atoms with van der Waals surface area (Å²) in [7, 11) is 0. The third-order valence-electron chi connectivity index (χ3n) is 4.25. The van der Waals surface area contributed by atoms with Gasteiger partial charge in [0.25, 0.3) is 11.6 Å². The van der Waals surface area contributed by atoms with Crippen molar-refractivity contribution in [2.75, 3.05) is 5.32 Å². The topological polar surface area (TPSA) is 136 Å². The molecule has 0 unspecified atom stereocenters. The quantitative estimate of drug-likeness (QED) is 0.406. The lowest BCUT2D eigenvalue weighted by molar-refractivity contribution is -0.384. The minimum absolute atomic E-state index is 0.146. The maximum absolute atomic E-state index is 12.6. The van der Waals surface area contributed by atoms with Crippen LogP contribution in [0.5, 0.6) is 0 Å². The van der Waals surface area contributed by atoms with E-state index in [1.807, 2.05) is 12.1 Å². The number of hydrogen-bond donors (Lipinski definition) is 2. The first-order chi connectivity index (χ1) is 13.9. The Morgan fingerprint density at radius 1 is 1.17 bits per heavy atom. The van der Waals surface area contributed by atoms with Gasteiger partial charge in [0.2, 0.25) is 11.4 Å². The Labute approximate surface area is 163 Å². The number of nitro benzene ring substituents is 1. The maximum atomic E-state index is 12.6. The number of aryl methyl sites for hydroxylation is 1. The predicted molar refractivity (Wildman–Crippen MR) is 105 cm³/mol. The summed E-state index contributed by atoms with van der Waals surface area (Å²) in [5.41, 5.74) is 0.655. The molecule has 0 radical (unpaired) electrons. The Morgan fingerprint density at radius 2 is 1.90 bits per heavy atom. The van der Waals surface area contributed by atoms with Crippen molar-refractivity contribution < 1.29 is 9.72 Å². The van der Waals surface area contributed by atoms with E-state index in [9.17, 15) is 19.7 Å². The molecule has 1 amide bonds. The summed E-state index contributed by atoms with van der Waals surface area (Å²) in [6.07, 6.45) is 0. The van der Waals surface area contributed by atoms with Crippen LogP contribution in [0, 0.1) is 17.0 Å². The van der Waals surface area contributed by atoms with E-state index in [1.54, 1.807) is 25.1 Å². The number of anilines is 1. The van der Waals surface area contributed by atoms with Crippen molar-refractivity contribution in [1.29, 1.82) is 0 Å². The summed E-state index contributed by atoms with van der Waals surface area (Å²) in [5, 5.41) is 17.9. The second-order valence-corrected chi connectivity index (χ2v) is 6.21. The monoisotopic (exact) mass is 390 g/mol. The average molecular weight is 390 g/mol. The van der Waals surface area contributed by atoms with Crippen molar-refractivity contribution in [2.45, 2.75) is 6.92 Å². The minimum atomic E-state index is -0.776. The van der Waals surface area contributed by atoms with Crippen LogP contribution in [0.15, 0.2) is 59.4 Å². The second-order valence-electron chi connectivity index (χ2n) is 6.21. The molecule has 0 bridgehead atoms. The largest absolute Gasteiger partial charge is 0.324 e. The number of imidazole rings is 1. The molecule has 0 saturated carbocycles. The number of nitro groups is 1. The number of rotatable bonds is 4. The zero-order valence-corrected chi connectivity index (χ0v) is 15.1. The van der Waals surface area contributed by atoms with E-state index in [0.29, 0.717) is 11.2 Å². The molecule has 2 N–H and O–H groups in total. The number of benzene rings is 2. The molecule has 2 aromatic heterocycles. The highest BCUT2D eigenvalue weighted by atomic mass is 16.6. The number of nitrogens with one attached hydrogen (secondary N) is 2. The van der Waals surface area contributed by atoms with Gasteiger partial charge in [0, 0.05) is 17.8 Å². The van der Waals surface area contributed by atoms with Gasteiger partial charge in [-0.2, -0.15) is 5.10 Å². The smallest absolute Gasteiger partial charge is 0.294 e. The van der Waals surface area contributed by atoms with Crippen molar-refractivity contribution in [3.63, 3.8) is 0 Å². The molecule has 0 fully saturated rings. The molecule has 0 saturated heterocycles. The zero-order valence-electron chi connectivity index (χ0n) is 15.1. The number of hydrogen-bond acceptors (Lipinski definition) is 6. The van der Waals surface area contributed by atoms with Crippen molar-refractivity contribution in [2.24, 2.45) is 0 Å². The van der Waals surface area contributed by atoms with Gasteiger partial charge in [0.15, 0.2) is 5.69 Å². The summed E-state index contributed by atoms with van der Waals surface area (Å²) >= 11 is 0. The molecule has 0 aliphatic carbocycles. The Balaban J connectivity index is 1.75. The van der Waals surface area contributed by atoms with E-state index in [0.717, 1.165) is 5.52 Å². The molecule has 0 aliphatic rings. The third-order valence-corrected chi connectivity index (χ3v) is 4.25. The van der Waals surface area contributed by atoms with Crippen LogP contribution in [0.1, 0.15) is 16.2 Å². The van der Waals surface area contributed by atoms with Gasteiger partial charge in [-0.3, -0.25) is 25.0 Å². The summed E-state index contributed by atoms with van der Waals surface area (Å²) in [4.78, 5) is 42.9. The lowest BCUT2D eigenvalue weighted by Crippen LogP contribution is -2.27. The molecule has 29 heavy (non-hydrogen) atoms. The Morgan fingerprint density at radius 3 is 2.66 bits per heavy atom. The standard InChI is InChI=1S/C19H14N6O4/c1-11-10-16(26)17(23-24(11)14-8-4-5-9-15(14)25(28)29)18(27)22-19-20-12-6-2-3-7-13(12)21-19/h2-10H,1H3,(H2,20,21,22,27). The third kappa shape index (κ3) is 3.34. The Bertz CT molecular complexity index is 1290. The first-order valence-electron chi connectivity index (χ1n) is 8.55. The van der Waals surface area contributed by atoms with E-state index in [1.165, 1.54) is 28.9 Å². The molecular weight excluding hydrogens is 376 g/mol. The minimum Gasteiger partial charge on any atom is -0.324 e. The van der Waals surface area contributed by atoms with Crippen LogP contribution in [0.3, 0.4) is 0 Å². The zero-order chi connectivity index (χ0) is 20.5. The fraction of sp³-hybridized carbons (Fsp3) is 0.0526. The molecule has 0 aliphatic heterocycles. The fourth-order valence-corrected chi connectivity index (χ4v) is 2.92. The fourth-order valence-electron chi connectivity index (χ4n) is 2.92. The predicted octanol–water partition coefficient (Wildman–Crippen LogP) is 2.58. The van der Waals surface area contributed by atoms with Crippen molar-refractivity contribution >= 4 is 28.6 Å². The molecule has 144 valence electrons. The highest BCUT2D eigenvalue weighted by Crippen LogP contribution is 2.22. The van der Waals surface area contributed by atoms with Gasteiger partial charge in [-0.1, -0.05) is 24.3 Å². The summed E-state index contributed by atoms with van der Waals surface area (Å²) in [6, 6.07) is 14.3. The first kappa shape index (κ1) is 18.0. The normalized spacial score (nSPS) is 10.8. The molecule has 0 spiro atoms. The van der Waals surface area contributed by atoms with Crippen molar-refractivity contribution in [3.05, 3.63) is 86.3 Å². The Hall–Kier alpha value is -4.34. The van der Waals surface area contributed by atoms with Gasteiger partial charge in [-0.25, -0.2) is 9.67 Å². The average Bonchev–Trinajstić information content (AvgIpc) is 3.10. The van der Waals surface area contributed by atoms with Gasteiger partial charge < -0.3 is 4.98 Å². The summed E-state index contributed by atoms with van der Waals surface area (Å²) in [6.45, 7) is 1.58. The van der Waals surface area contributed by atoms with E-state index in [2.05, 4.69) is 20.4 Å². The second kappa shape index (κ2) is 7.00. The highest BCUT2D eigenvalue weighted by molar-refractivity contribution is 6.02. The lowest BCUT2D eigenvalue weighted by Gasteiger charge is -2.11. The first-order valence-corrected chi connectivity index (χ1v) is 8.55. The van der Waals surface area contributed by atoms with Crippen LogP contribution in [-0.4, -0.2) is 30.6 Å². The molecule has 2 heterocycles. The van der Waals surface area contributed by atoms with Crippen LogP contribution in [0.4, 0.5) is 11.6 Å². The summed E-state index contributed by atoms with van der Waals surface area (Å²) in [5.74, 6) is -0.614. The van der Waals surface area contributed by atoms with Gasteiger partial charge >= 0.3 is 0 Å². The SMILES string of the molecule is Cc1cc(=O)c(C(=O)Nc2nc3ccccc3[nH]2)nn1-c1ccccc1[N+](=O)[O-]. The molecule has 10 nitrogen and oxygen atoms in total. The highest BCUT2D eigenvalue weighted by Gasteiger charge is 2.20. The van der Waals surface area contributed by atoms with Crippen LogP contribution >= 0.6 is 0 Å². The number of aromatic nitrogens is 4. The molecule has 10 heteroatoms. The van der Waals surface area contributed by atoms with E-state index < -0.39 is 22.0 Å². The van der Waals surface area contributed by atoms with Gasteiger partial charge in [0.05, 0.1) is 16.0 Å². The number of amides is 1. The van der Waals surface area contributed by atoms with E-state index in [-0.39, 0.29) is 17.3 Å². The van der Waals surface area contributed by atoms with E-state index in [4.69, 9.17) is 0 Å². The number of carbonyl (C=O) groups is 1. The van der Waals surface area contributed by atoms with E-state index >= 15 is 0 Å². The lowest BCUT2D eigenvalue weighted by atomic mass is 10.2. The number of nitrogens with zero attached hydrogens (tertiary/aromatic N) is 4. The summed E-state index contributed by atoms with van der Waals surface area (Å²) < 4.78 is 1.20. The van der Waals surface area contributed by atoms with Crippen molar-refractivity contribution in [1.82, 2.24) is 19.7 Å². The molecule has 2 aromatic carbocycles. The van der Waals surface area contributed by atoms with Gasteiger partial charge in [-0.05, 0) is 25.1 Å². The van der Waals surface area contributed by atoms with Crippen molar-refractivity contribution in [3.8, 4) is 5.69 Å². The number of carbonyl (C=O) groups excluding carboxylic acids is 1. The number of H-pyrrole nitrogens is 1. The van der Waals surface area contributed by atoms with Crippen LogP contribution in [-0.2, 0) is 0 Å². The number of para-hydroxylation sites is 4. The maximum Gasteiger partial charge on any atom is 0.294 e.